The van der Waals surface area contributed by atoms with Crippen molar-refractivity contribution >= 4 is 12.4 Å². The first kappa shape index (κ1) is 19.3. The molecule has 0 aliphatic carbocycles. The maximum Gasteiger partial charge on any atom is 0.128 e. The fourth-order valence-corrected chi connectivity index (χ4v) is 2.08. The molecule has 2 aromatic rings. The SMILES string of the molecule is CCCOc1ccc(/C=N\N=C/c2ccc(OCCC)cc2O)c(O)c1. The van der Waals surface area contributed by atoms with Gasteiger partial charge in [0.25, 0.3) is 0 Å². The summed E-state index contributed by atoms with van der Waals surface area (Å²) < 4.78 is 10.9. The highest BCUT2D eigenvalue weighted by Crippen LogP contribution is 2.23. The van der Waals surface area contributed by atoms with E-state index < -0.39 is 0 Å². The Morgan fingerprint density at radius 1 is 0.769 bits per heavy atom. The number of hydrogen-bond acceptors (Lipinski definition) is 6. The summed E-state index contributed by atoms with van der Waals surface area (Å²) in [6.07, 6.45) is 4.67. The summed E-state index contributed by atoms with van der Waals surface area (Å²) in [6.45, 7) is 5.23. The number of rotatable bonds is 9. The number of phenols is 2. The lowest BCUT2D eigenvalue weighted by molar-refractivity contribution is 0.315. The van der Waals surface area contributed by atoms with E-state index >= 15 is 0 Å². The summed E-state index contributed by atoms with van der Waals surface area (Å²) in [4.78, 5) is 0. The first-order chi connectivity index (χ1) is 12.6. The van der Waals surface area contributed by atoms with Crippen molar-refractivity contribution in [2.45, 2.75) is 26.7 Å². The van der Waals surface area contributed by atoms with Crippen LogP contribution in [0.25, 0.3) is 0 Å². The van der Waals surface area contributed by atoms with E-state index in [0.29, 0.717) is 35.8 Å². The van der Waals surface area contributed by atoms with Crippen LogP contribution in [0.3, 0.4) is 0 Å². The minimum Gasteiger partial charge on any atom is -0.507 e. The lowest BCUT2D eigenvalue weighted by Gasteiger charge is -2.06. The predicted octanol–water partition coefficient (Wildman–Crippen LogP) is 4.13. The fraction of sp³-hybridized carbons (Fsp3) is 0.300. The summed E-state index contributed by atoms with van der Waals surface area (Å²) in [5.41, 5.74) is 1.05. The number of phenolic OH excluding ortho intramolecular Hbond substituents is 2. The van der Waals surface area contributed by atoms with Gasteiger partial charge in [0.15, 0.2) is 0 Å². The van der Waals surface area contributed by atoms with E-state index in [9.17, 15) is 10.2 Å². The van der Waals surface area contributed by atoms with Gasteiger partial charge in [-0.3, -0.25) is 0 Å². The minimum atomic E-state index is 0.0674. The van der Waals surface area contributed by atoms with Crippen LogP contribution in [0.15, 0.2) is 46.6 Å². The molecule has 138 valence electrons. The number of benzene rings is 2. The first-order valence-electron chi connectivity index (χ1n) is 8.62. The van der Waals surface area contributed by atoms with Crippen LogP contribution in [0.5, 0.6) is 23.0 Å². The van der Waals surface area contributed by atoms with Crippen molar-refractivity contribution in [1.82, 2.24) is 0 Å². The van der Waals surface area contributed by atoms with Crippen molar-refractivity contribution < 1.29 is 19.7 Å². The highest BCUT2D eigenvalue weighted by atomic mass is 16.5. The number of nitrogens with zero attached hydrogens (tertiary/aromatic N) is 2. The van der Waals surface area contributed by atoms with E-state index in [1.54, 1.807) is 36.4 Å². The van der Waals surface area contributed by atoms with Crippen molar-refractivity contribution in [3.63, 3.8) is 0 Å². The van der Waals surface area contributed by atoms with Crippen LogP contribution in [0, 0.1) is 0 Å². The van der Waals surface area contributed by atoms with Gasteiger partial charge >= 0.3 is 0 Å². The lowest BCUT2D eigenvalue weighted by atomic mass is 10.2. The van der Waals surface area contributed by atoms with Gasteiger partial charge in [-0.25, -0.2) is 0 Å². The standard InChI is InChI=1S/C20H24N2O4/c1-3-9-25-17-7-5-15(19(23)11-17)13-21-22-14-16-6-8-18(12-20(16)24)26-10-4-2/h5-8,11-14,23-24H,3-4,9-10H2,1-2H3/b21-13-,22-14-. The molecule has 2 N–H and O–H groups in total. The highest BCUT2D eigenvalue weighted by Gasteiger charge is 2.02. The second-order valence-electron chi connectivity index (χ2n) is 5.63. The Hall–Kier alpha value is -3.02. The topological polar surface area (TPSA) is 83.6 Å². The van der Waals surface area contributed by atoms with E-state index in [2.05, 4.69) is 10.2 Å². The summed E-state index contributed by atoms with van der Waals surface area (Å²) in [5, 5.41) is 27.8. The summed E-state index contributed by atoms with van der Waals surface area (Å²) in [5.74, 6) is 1.36. The van der Waals surface area contributed by atoms with Crippen molar-refractivity contribution in [3.8, 4) is 23.0 Å². The third-order valence-electron chi connectivity index (χ3n) is 3.41. The molecule has 6 nitrogen and oxygen atoms in total. The van der Waals surface area contributed by atoms with Crippen molar-refractivity contribution in [1.29, 1.82) is 0 Å². The Kier molecular flexibility index (Phi) is 7.49. The fourth-order valence-electron chi connectivity index (χ4n) is 2.08. The van der Waals surface area contributed by atoms with Crippen LogP contribution in [0.2, 0.25) is 0 Å². The molecule has 0 aliphatic rings. The zero-order valence-electron chi connectivity index (χ0n) is 15.1. The van der Waals surface area contributed by atoms with Crippen molar-refractivity contribution in [2.75, 3.05) is 13.2 Å². The molecule has 0 radical (unpaired) electrons. The molecule has 0 saturated heterocycles. The van der Waals surface area contributed by atoms with Gasteiger partial charge in [0.1, 0.15) is 23.0 Å². The van der Waals surface area contributed by atoms with Gasteiger partial charge in [0.05, 0.1) is 25.6 Å². The molecule has 0 amide bonds. The van der Waals surface area contributed by atoms with Gasteiger partial charge in [-0.15, -0.1) is 0 Å². The zero-order chi connectivity index (χ0) is 18.8. The van der Waals surface area contributed by atoms with Gasteiger partial charge in [-0.2, -0.15) is 10.2 Å². The van der Waals surface area contributed by atoms with Crippen molar-refractivity contribution in [2.24, 2.45) is 10.2 Å². The molecule has 2 aromatic carbocycles. The average Bonchev–Trinajstić information content (AvgIpc) is 2.64. The van der Waals surface area contributed by atoms with Crippen LogP contribution in [-0.2, 0) is 0 Å². The monoisotopic (exact) mass is 356 g/mol. The van der Waals surface area contributed by atoms with E-state index in [1.807, 2.05) is 13.8 Å². The van der Waals surface area contributed by atoms with Gasteiger partial charge in [0, 0.05) is 23.3 Å². The Balaban J connectivity index is 1.99. The summed E-state index contributed by atoms with van der Waals surface area (Å²) in [6, 6.07) is 10.0. The summed E-state index contributed by atoms with van der Waals surface area (Å²) in [7, 11) is 0. The second-order valence-corrected chi connectivity index (χ2v) is 5.63. The van der Waals surface area contributed by atoms with Crippen LogP contribution >= 0.6 is 0 Å². The molecular formula is C20H24N2O4. The molecule has 26 heavy (non-hydrogen) atoms. The number of aromatic hydroxyl groups is 2. The Morgan fingerprint density at radius 3 is 1.54 bits per heavy atom. The maximum absolute atomic E-state index is 9.98. The third-order valence-corrected chi connectivity index (χ3v) is 3.41. The molecule has 0 fully saturated rings. The first-order valence-corrected chi connectivity index (χ1v) is 8.62. The smallest absolute Gasteiger partial charge is 0.128 e. The van der Waals surface area contributed by atoms with Crippen LogP contribution < -0.4 is 9.47 Å². The van der Waals surface area contributed by atoms with Crippen molar-refractivity contribution in [3.05, 3.63) is 47.5 Å². The van der Waals surface area contributed by atoms with Crippen LogP contribution in [-0.4, -0.2) is 35.9 Å². The molecule has 0 unspecified atom stereocenters. The predicted molar refractivity (Wildman–Crippen MR) is 103 cm³/mol. The van der Waals surface area contributed by atoms with E-state index in [-0.39, 0.29) is 11.5 Å². The molecule has 2 rings (SSSR count). The Bertz CT molecular complexity index is 707. The largest absolute Gasteiger partial charge is 0.507 e. The van der Waals surface area contributed by atoms with Gasteiger partial charge in [0.2, 0.25) is 0 Å². The molecule has 0 bridgehead atoms. The van der Waals surface area contributed by atoms with Gasteiger partial charge < -0.3 is 19.7 Å². The molecule has 0 atom stereocenters. The Labute approximate surface area is 153 Å². The maximum atomic E-state index is 9.98. The van der Waals surface area contributed by atoms with E-state index in [1.165, 1.54) is 12.4 Å². The zero-order valence-corrected chi connectivity index (χ0v) is 15.1. The van der Waals surface area contributed by atoms with E-state index in [4.69, 9.17) is 9.47 Å². The molecule has 0 aromatic heterocycles. The third kappa shape index (κ3) is 5.81. The number of ether oxygens (including phenoxy) is 2. The van der Waals surface area contributed by atoms with Crippen LogP contribution in [0.1, 0.15) is 37.8 Å². The van der Waals surface area contributed by atoms with Gasteiger partial charge in [-0.1, -0.05) is 13.8 Å². The summed E-state index contributed by atoms with van der Waals surface area (Å²) >= 11 is 0. The highest BCUT2D eigenvalue weighted by molar-refractivity contribution is 5.86. The lowest BCUT2D eigenvalue weighted by Crippen LogP contribution is -1.95. The van der Waals surface area contributed by atoms with Crippen LogP contribution in [0.4, 0.5) is 0 Å². The van der Waals surface area contributed by atoms with E-state index in [0.717, 1.165) is 12.8 Å². The average molecular weight is 356 g/mol. The molecule has 0 saturated carbocycles. The quantitative estimate of drug-likeness (QED) is 0.523. The molecule has 6 heteroatoms. The number of hydrogen-bond donors (Lipinski definition) is 2. The molecular weight excluding hydrogens is 332 g/mol. The Morgan fingerprint density at radius 2 is 1.19 bits per heavy atom. The molecule has 0 spiro atoms. The normalized spacial score (nSPS) is 11.3. The molecule has 0 aliphatic heterocycles. The molecule has 0 heterocycles. The van der Waals surface area contributed by atoms with Gasteiger partial charge in [-0.05, 0) is 37.1 Å². The minimum absolute atomic E-state index is 0.0674. The second kappa shape index (κ2) is 10.1.